The van der Waals surface area contributed by atoms with Crippen molar-refractivity contribution in [3.63, 3.8) is 0 Å². The molecule has 156 valence electrons. The van der Waals surface area contributed by atoms with Gasteiger partial charge in [0.15, 0.2) is 6.61 Å². The topological polar surface area (TPSA) is 63.7 Å². The number of benzene rings is 3. The first-order valence-corrected chi connectivity index (χ1v) is 11.2. The normalized spacial score (nSPS) is 11.2. The fraction of sp³-hybridized carbons (Fsp3) is 0.208. The number of hydrogen-bond acceptors (Lipinski definition) is 4. The molecule has 0 saturated heterocycles. The maximum absolute atomic E-state index is 13.3. The molecule has 3 aromatic rings. The van der Waals surface area contributed by atoms with Crippen LogP contribution in [0, 0.1) is 13.8 Å². The van der Waals surface area contributed by atoms with Crippen LogP contribution in [-0.2, 0) is 21.2 Å². The Bertz CT molecular complexity index is 1120. The van der Waals surface area contributed by atoms with Crippen molar-refractivity contribution < 1.29 is 17.9 Å². The standard InChI is InChI=1S/C24H25NO4S/c1-4-20-13-15-21(16-14-20)25(30(27,28)22-10-6-5-7-11-22)24(26)17-29-23-12-8-9-18(2)19(23)3/h5-16H,4,17H2,1-3H3. The second kappa shape index (κ2) is 9.13. The van der Waals surface area contributed by atoms with Crippen molar-refractivity contribution in [3.8, 4) is 5.75 Å². The summed E-state index contributed by atoms with van der Waals surface area (Å²) in [6.45, 7) is 5.46. The predicted octanol–water partition coefficient (Wildman–Crippen LogP) is 4.67. The van der Waals surface area contributed by atoms with E-state index in [0.717, 1.165) is 27.4 Å². The molecule has 0 unspecified atom stereocenters. The van der Waals surface area contributed by atoms with Crippen LogP contribution in [0.25, 0.3) is 0 Å². The molecule has 0 aromatic heterocycles. The number of hydrogen-bond donors (Lipinski definition) is 0. The van der Waals surface area contributed by atoms with Crippen molar-refractivity contribution in [2.75, 3.05) is 10.9 Å². The van der Waals surface area contributed by atoms with Crippen LogP contribution in [0.3, 0.4) is 0 Å². The summed E-state index contributed by atoms with van der Waals surface area (Å²) in [7, 11) is -4.09. The molecule has 6 heteroatoms. The zero-order valence-corrected chi connectivity index (χ0v) is 18.1. The average molecular weight is 424 g/mol. The number of anilines is 1. The van der Waals surface area contributed by atoms with Gasteiger partial charge in [0.25, 0.3) is 15.9 Å². The van der Waals surface area contributed by atoms with E-state index in [4.69, 9.17) is 4.74 Å². The van der Waals surface area contributed by atoms with Gasteiger partial charge < -0.3 is 4.74 Å². The quantitative estimate of drug-likeness (QED) is 0.554. The minimum absolute atomic E-state index is 0.0460. The second-order valence-electron chi connectivity index (χ2n) is 6.98. The number of aryl methyl sites for hydroxylation is 2. The van der Waals surface area contributed by atoms with Crippen LogP contribution in [-0.4, -0.2) is 20.9 Å². The Kier molecular flexibility index (Phi) is 6.57. The van der Waals surface area contributed by atoms with Gasteiger partial charge in [-0.1, -0.05) is 49.4 Å². The van der Waals surface area contributed by atoms with Gasteiger partial charge in [-0.25, -0.2) is 8.42 Å². The highest BCUT2D eigenvalue weighted by atomic mass is 32.2. The Morgan fingerprint density at radius 2 is 1.57 bits per heavy atom. The number of amides is 1. The van der Waals surface area contributed by atoms with E-state index in [1.165, 1.54) is 12.1 Å². The minimum Gasteiger partial charge on any atom is -0.483 e. The van der Waals surface area contributed by atoms with Crippen LogP contribution < -0.4 is 9.04 Å². The van der Waals surface area contributed by atoms with Gasteiger partial charge in [-0.05, 0) is 67.3 Å². The van der Waals surface area contributed by atoms with Crippen LogP contribution in [0.4, 0.5) is 5.69 Å². The molecule has 5 nitrogen and oxygen atoms in total. The first-order chi connectivity index (χ1) is 14.3. The van der Waals surface area contributed by atoms with Crippen LogP contribution in [0.2, 0.25) is 0 Å². The van der Waals surface area contributed by atoms with Crippen molar-refractivity contribution >= 4 is 21.6 Å². The minimum atomic E-state index is -4.09. The molecule has 1 amide bonds. The lowest BCUT2D eigenvalue weighted by Gasteiger charge is -2.23. The van der Waals surface area contributed by atoms with Gasteiger partial charge in [0.2, 0.25) is 0 Å². The van der Waals surface area contributed by atoms with Gasteiger partial charge in [0.05, 0.1) is 10.6 Å². The number of nitrogens with zero attached hydrogens (tertiary/aromatic N) is 1. The fourth-order valence-electron chi connectivity index (χ4n) is 3.06. The number of rotatable bonds is 7. The van der Waals surface area contributed by atoms with E-state index in [9.17, 15) is 13.2 Å². The molecule has 0 fully saturated rings. The Hall–Kier alpha value is -3.12. The van der Waals surface area contributed by atoms with E-state index in [2.05, 4.69) is 0 Å². The lowest BCUT2D eigenvalue weighted by atomic mass is 10.1. The van der Waals surface area contributed by atoms with Crippen molar-refractivity contribution in [2.24, 2.45) is 0 Å². The predicted molar refractivity (Wildman–Crippen MR) is 118 cm³/mol. The molecule has 30 heavy (non-hydrogen) atoms. The smallest absolute Gasteiger partial charge is 0.278 e. The molecule has 0 heterocycles. The zero-order valence-electron chi connectivity index (χ0n) is 17.3. The molecule has 0 aliphatic rings. The second-order valence-corrected chi connectivity index (χ2v) is 8.77. The third kappa shape index (κ3) is 4.54. The lowest BCUT2D eigenvalue weighted by Crippen LogP contribution is -2.40. The van der Waals surface area contributed by atoms with Crippen LogP contribution >= 0.6 is 0 Å². The third-order valence-corrected chi connectivity index (χ3v) is 6.76. The summed E-state index contributed by atoms with van der Waals surface area (Å²) in [5.74, 6) is -0.106. The van der Waals surface area contributed by atoms with Gasteiger partial charge in [-0.2, -0.15) is 4.31 Å². The molecule has 0 atom stereocenters. The Balaban J connectivity index is 1.96. The molecule has 0 aliphatic heterocycles. The maximum atomic E-state index is 13.3. The molecule has 0 radical (unpaired) electrons. The van der Waals surface area contributed by atoms with Crippen LogP contribution in [0.5, 0.6) is 5.75 Å². The zero-order chi connectivity index (χ0) is 21.7. The van der Waals surface area contributed by atoms with E-state index in [-0.39, 0.29) is 10.6 Å². The molecule has 0 saturated carbocycles. The molecule has 0 aliphatic carbocycles. The van der Waals surface area contributed by atoms with E-state index < -0.39 is 22.5 Å². The summed E-state index contributed by atoms with van der Waals surface area (Å²) >= 11 is 0. The Morgan fingerprint density at radius 3 is 2.20 bits per heavy atom. The van der Waals surface area contributed by atoms with Gasteiger partial charge in [0, 0.05) is 0 Å². The molecular formula is C24H25NO4S. The Labute approximate surface area is 178 Å². The molecule has 3 aromatic carbocycles. The molecular weight excluding hydrogens is 398 g/mol. The number of carbonyl (C=O) groups excluding carboxylic acids is 1. The van der Waals surface area contributed by atoms with Crippen LogP contribution in [0.15, 0.2) is 77.7 Å². The summed E-state index contributed by atoms with van der Waals surface area (Å²) in [6, 6.07) is 20.4. The van der Waals surface area contributed by atoms with Crippen molar-refractivity contribution in [1.82, 2.24) is 0 Å². The highest BCUT2D eigenvalue weighted by molar-refractivity contribution is 7.93. The summed E-state index contributed by atoms with van der Waals surface area (Å²) in [4.78, 5) is 13.2. The van der Waals surface area contributed by atoms with E-state index in [0.29, 0.717) is 5.75 Å². The van der Waals surface area contributed by atoms with Crippen molar-refractivity contribution in [3.05, 3.63) is 89.5 Å². The number of carbonyl (C=O) groups is 1. The van der Waals surface area contributed by atoms with Gasteiger partial charge in [0.1, 0.15) is 5.75 Å². The van der Waals surface area contributed by atoms with Gasteiger partial charge in [-0.3, -0.25) is 4.79 Å². The highest BCUT2D eigenvalue weighted by Crippen LogP contribution is 2.26. The molecule has 3 rings (SSSR count). The summed E-state index contributed by atoms with van der Waals surface area (Å²) in [6.07, 6.45) is 0.815. The van der Waals surface area contributed by atoms with E-state index >= 15 is 0 Å². The lowest BCUT2D eigenvalue weighted by molar-refractivity contribution is -0.119. The largest absolute Gasteiger partial charge is 0.483 e. The van der Waals surface area contributed by atoms with Gasteiger partial charge >= 0.3 is 0 Å². The first kappa shape index (κ1) is 21.6. The first-order valence-electron chi connectivity index (χ1n) is 9.75. The molecule has 0 spiro atoms. The molecule has 0 bridgehead atoms. The monoisotopic (exact) mass is 423 g/mol. The SMILES string of the molecule is CCc1ccc(N(C(=O)COc2cccc(C)c2C)S(=O)(=O)c2ccccc2)cc1. The maximum Gasteiger partial charge on any atom is 0.278 e. The van der Waals surface area contributed by atoms with E-state index in [1.807, 2.05) is 45.0 Å². The third-order valence-electron chi connectivity index (χ3n) is 4.99. The fourth-order valence-corrected chi connectivity index (χ4v) is 4.49. The Morgan fingerprint density at radius 1 is 0.900 bits per heavy atom. The summed E-state index contributed by atoms with van der Waals surface area (Å²) in [5, 5.41) is 0. The number of sulfonamides is 1. The summed E-state index contributed by atoms with van der Waals surface area (Å²) < 4.78 is 33.1. The van der Waals surface area contributed by atoms with Crippen LogP contribution in [0.1, 0.15) is 23.6 Å². The van der Waals surface area contributed by atoms with E-state index in [1.54, 1.807) is 36.4 Å². The molecule has 0 N–H and O–H groups in total. The van der Waals surface area contributed by atoms with Gasteiger partial charge in [-0.15, -0.1) is 0 Å². The average Bonchev–Trinajstić information content (AvgIpc) is 2.76. The number of ether oxygens (including phenoxy) is 1. The summed E-state index contributed by atoms with van der Waals surface area (Å²) in [5.41, 5.74) is 3.28. The highest BCUT2D eigenvalue weighted by Gasteiger charge is 2.31. The van der Waals surface area contributed by atoms with Crippen molar-refractivity contribution in [2.45, 2.75) is 32.1 Å². The van der Waals surface area contributed by atoms with Crippen molar-refractivity contribution in [1.29, 1.82) is 0 Å².